The van der Waals surface area contributed by atoms with Crippen LogP contribution in [0.15, 0.2) is 53.4 Å². The summed E-state index contributed by atoms with van der Waals surface area (Å²) in [5.41, 5.74) is 2.63. The Labute approximate surface area is 149 Å². The molecule has 1 fully saturated rings. The van der Waals surface area contributed by atoms with Gasteiger partial charge >= 0.3 is 0 Å². The molecule has 0 N–H and O–H groups in total. The molecule has 25 heavy (non-hydrogen) atoms. The third kappa shape index (κ3) is 3.67. The van der Waals surface area contributed by atoms with Gasteiger partial charge in [-0.15, -0.1) is 0 Å². The van der Waals surface area contributed by atoms with Crippen LogP contribution in [-0.4, -0.2) is 31.1 Å². The standard InChI is InChI=1S/C20H23NO3S/c1-15-9-11-18(12-10-15)25(23,24)21-13-5-7-17(21)14-20(22)19-8-4-3-6-16(19)2/h3-4,6,8-12,17H,5,7,13-14H2,1-2H3/t17-/m1/s1. The van der Waals surface area contributed by atoms with Gasteiger partial charge in [0.1, 0.15) is 0 Å². The number of sulfonamides is 1. The van der Waals surface area contributed by atoms with Gasteiger partial charge in [-0.25, -0.2) is 8.42 Å². The van der Waals surface area contributed by atoms with Crippen LogP contribution in [0.25, 0.3) is 0 Å². The quantitative estimate of drug-likeness (QED) is 0.766. The van der Waals surface area contributed by atoms with Crippen LogP contribution in [0.1, 0.15) is 40.7 Å². The molecular formula is C20H23NO3S. The minimum Gasteiger partial charge on any atom is -0.294 e. The molecule has 0 bridgehead atoms. The Morgan fingerprint density at radius 3 is 2.44 bits per heavy atom. The summed E-state index contributed by atoms with van der Waals surface area (Å²) in [6, 6.07) is 14.1. The summed E-state index contributed by atoms with van der Waals surface area (Å²) < 4.78 is 27.4. The fourth-order valence-corrected chi connectivity index (χ4v) is 5.08. The minimum absolute atomic E-state index is 0.00843. The van der Waals surface area contributed by atoms with Crippen molar-refractivity contribution < 1.29 is 13.2 Å². The predicted molar refractivity (Wildman–Crippen MR) is 98.2 cm³/mol. The maximum atomic E-state index is 13.0. The molecule has 2 aromatic rings. The highest BCUT2D eigenvalue weighted by molar-refractivity contribution is 7.89. The van der Waals surface area contributed by atoms with E-state index in [1.807, 2.05) is 38.1 Å². The molecule has 0 aromatic heterocycles. The highest BCUT2D eigenvalue weighted by Gasteiger charge is 2.36. The molecule has 1 saturated heterocycles. The number of rotatable bonds is 5. The number of aryl methyl sites for hydroxylation is 2. The van der Waals surface area contributed by atoms with E-state index in [1.54, 1.807) is 24.3 Å². The monoisotopic (exact) mass is 357 g/mol. The second-order valence-corrected chi connectivity index (χ2v) is 8.56. The summed E-state index contributed by atoms with van der Waals surface area (Å²) in [7, 11) is -3.56. The number of Topliss-reactive ketones (excluding diaryl/α,β-unsaturated/α-hetero) is 1. The van der Waals surface area contributed by atoms with E-state index in [0.717, 1.165) is 24.0 Å². The summed E-state index contributed by atoms with van der Waals surface area (Å²) in [6.45, 7) is 4.31. The molecule has 1 atom stereocenters. The Morgan fingerprint density at radius 1 is 1.08 bits per heavy atom. The third-order valence-electron chi connectivity index (χ3n) is 4.82. The molecule has 0 saturated carbocycles. The van der Waals surface area contributed by atoms with Crippen LogP contribution < -0.4 is 0 Å². The molecule has 3 rings (SSSR count). The van der Waals surface area contributed by atoms with Crippen molar-refractivity contribution in [2.24, 2.45) is 0 Å². The lowest BCUT2D eigenvalue weighted by molar-refractivity contribution is 0.0961. The van der Waals surface area contributed by atoms with Gasteiger partial charge in [-0.1, -0.05) is 42.0 Å². The zero-order valence-corrected chi connectivity index (χ0v) is 15.4. The first-order chi connectivity index (χ1) is 11.9. The molecule has 0 spiro atoms. The van der Waals surface area contributed by atoms with E-state index >= 15 is 0 Å². The van der Waals surface area contributed by atoms with Crippen molar-refractivity contribution in [2.75, 3.05) is 6.54 Å². The number of hydrogen-bond acceptors (Lipinski definition) is 3. The first-order valence-corrected chi connectivity index (χ1v) is 10.0. The molecular weight excluding hydrogens is 334 g/mol. The first-order valence-electron chi connectivity index (χ1n) is 8.57. The molecule has 2 aromatic carbocycles. The highest BCUT2D eigenvalue weighted by Crippen LogP contribution is 2.29. The Balaban J connectivity index is 1.82. The van der Waals surface area contributed by atoms with Crippen LogP contribution in [0.3, 0.4) is 0 Å². The van der Waals surface area contributed by atoms with E-state index in [1.165, 1.54) is 4.31 Å². The van der Waals surface area contributed by atoms with E-state index < -0.39 is 10.0 Å². The van der Waals surface area contributed by atoms with E-state index in [2.05, 4.69) is 0 Å². The Kier molecular flexibility index (Phi) is 5.06. The summed E-state index contributed by atoms with van der Waals surface area (Å²) in [4.78, 5) is 13.0. The Hall–Kier alpha value is -1.98. The van der Waals surface area contributed by atoms with Gasteiger partial charge in [0.05, 0.1) is 4.90 Å². The molecule has 0 aliphatic carbocycles. The predicted octanol–water partition coefficient (Wildman–Crippen LogP) is 3.73. The lowest BCUT2D eigenvalue weighted by Gasteiger charge is -2.24. The zero-order valence-electron chi connectivity index (χ0n) is 14.6. The van der Waals surface area contributed by atoms with E-state index in [-0.39, 0.29) is 18.2 Å². The summed E-state index contributed by atoms with van der Waals surface area (Å²) in [5.74, 6) is 0.00843. The highest BCUT2D eigenvalue weighted by atomic mass is 32.2. The minimum atomic E-state index is -3.56. The molecule has 5 heteroatoms. The molecule has 0 unspecified atom stereocenters. The van der Waals surface area contributed by atoms with Gasteiger partial charge in [-0.05, 0) is 44.4 Å². The second kappa shape index (κ2) is 7.10. The normalized spacial score (nSPS) is 18.4. The topological polar surface area (TPSA) is 54.5 Å². The maximum absolute atomic E-state index is 13.0. The molecule has 1 aliphatic rings. The number of hydrogen-bond donors (Lipinski definition) is 0. The summed E-state index contributed by atoms with van der Waals surface area (Å²) in [6.07, 6.45) is 1.75. The van der Waals surface area contributed by atoms with Gasteiger partial charge in [0.25, 0.3) is 0 Å². The number of ketones is 1. The van der Waals surface area contributed by atoms with Crippen molar-refractivity contribution in [2.45, 2.75) is 44.0 Å². The molecule has 1 aliphatic heterocycles. The van der Waals surface area contributed by atoms with Crippen LogP contribution in [-0.2, 0) is 10.0 Å². The molecule has 132 valence electrons. The largest absolute Gasteiger partial charge is 0.294 e. The van der Waals surface area contributed by atoms with Gasteiger partial charge in [0.15, 0.2) is 5.78 Å². The molecule has 0 amide bonds. The second-order valence-electron chi connectivity index (χ2n) is 6.67. The van der Waals surface area contributed by atoms with Gasteiger partial charge < -0.3 is 0 Å². The lowest BCUT2D eigenvalue weighted by atomic mass is 9.99. The van der Waals surface area contributed by atoms with Crippen LogP contribution in [0.2, 0.25) is 0 Å². The summed E-state index contributed by atoms with van der Waals surface area (Å²) >= 11 is 0. The van der Waals surface area contributed by atoms with E-state index in [4.69, 9.17) is 0 Å². The van der Waals surface area contributed by atoms with Crippen LogP contribution in [0.5, 0.6) is 0 Å². The van der Waals surface area contributed by atoms with Crippen LogP contribution in [0.4, 0.5) is 0 Å². The SMILES string of the molecule is Cc1ccc(S(=O)(=O)N2CCC[C@@H]2CC(=O)c2ccccc2C)cc1. The molecule has 0 radical (unpaired) electrons. The number of carbonyl (C=O) groups excluding carboxylic acids is 1. The Morgan fingerprint density at radius 2 is 1.76 bits per heavy atom. The summed E-state index contributed by atoms with van der Waals surface area (Å²) in [5, 5.41) is 0. The van der Waals surface area contributed by atoms with E-state index in [0.29, 0.717) is 17.0 Å². The van der Waals surface area contributed by atoms with Crippen LogP contribution >= 0.6 is 0 Å². The molecule has 4 nitrogen and oxygen atoms in total. The third-order valence-corrected chi connectivity index (χ3v) is 6.78. The van der Waals surface area contributed by atoms with Crippen molar-refractivity contribution in [3.05, 3.63) is 65.2 Å². The smallest absolute Gasteiger partial charge is 0.243 e. The number of carbonyl (C=O) groups is 1. The van der Waals surface area contributed by atoms with Crippen molar-refractivity contribution in [1.82, 2.24) is 4.31 Å². The fraction of sp³-hybridized carbons (Fsp3) is 0.350. The van der Waals surface area contributed by atoms with Crippen molar-refractivity contribution in [3.8, 4) is 0 Å². The lowest BCUT2D eigenvalue weighted by Crippen LogP contribution is -2.36. The van der Waals surface area contributed by atoms with Crippen molar-refractivity contribution >= 4 is 15.8 Å². The van der Waals surface area contributed by atoms with Crippen LogP contribution in [0, 0.1) is 13.8 Å². The average molecular weight is 357 g/mol. The van der Waals surface area contributed by atoms with E-state index in [9.17, 15) is 13.2 Å². The zero-order chi connectivity index (χ0) is 18.0. The number of benzene rings is 2. The maximum Gasteiger partial charge on any atom is 0.243 e. The van der Waals surface area contributed by atoms with Gasteiger partial charge in [0, 0.05) is 24.6 Å². The fourth-order valence-electron chi connectivity index (χ4n) is 3.38. The average Bonchev–Trinajstić information content (AvgIpc) is 3.04. The molecule has 1 heterocycles. The Bertz CT molecular complexity index is 872. The van der Waals surface area contributed by atoms with Gasteiger partial charge in [-0.2, -0.15) is 4.31 Å². The van der Waals surface area contributed by atoms with Gasteiger partial charge in [-0.3, -0.25) is 4.79 Å². The van der Waals surface area contributed by atoms with Gasteiger partial charge in [0.2, 0.25) is 10.0 Å². The van der Waals surface area contributed by atoms with Crippen molar-refractivity contribution in [3.63, 3.8) is 0 Å². The first kappa shape index (κ1) is 17.8. The number of nitrogens with zero attached hydrogens (tertiary/aromatic N) is 1. The van der Waals surface area contributed by atoms with Crippen molar-refractivity contribution in [1.29, 1.82) is 0 Å².